The molecular weight excluding hydrogens is 817 g/mol. The van der Waals surface area contributed by atoms with Gasteiger partial charge in [0.1, 0.15) is 42.0 Å². The van der Waals surface area contributed by atoms with E-state index in [1.54, 1.807) is 35.8 Å². The maximum absolute atomic E-state index is 17.4. The van der Waals surface area contributed by atoms with E-state index in [4.69, 9.17) is 39.2 Å². The number of halogens is 1. The minimum atomic E-state index is -1.98. The predicted molar refractivity (Wildman–Crippen MR) is 231 cm³/mol. The zero-order valence-electron chi connectivity index (χ0n) is 33.9. The number of terminal acetylenes is 1. The van der Waals surface area contributed by atoms with Crippen LogP contribution in [0, 0.1) is 12.3 Å². The average molecular weight is 868 g/mol. The molecule has 3 heterocycles. The van der Waals surface area contributed by atoms with Crippen molar-refractivity contribution in [3.05, 3.63) is 129 Å². The Bertz CT molecular complexity index is 2050. The summed E-state index contributed by atoms with van der Waals surface area (Å²) in [6.07, 6.45) is 0.280. The molecule has 1 aromatic heterocycles. The smallest absolute Gasteiger partial charge is 0.330 e. The highest BCUT2D eigenvalue weighted by molar-refractivity contribution is 8.76. The fourth-order valence-corrected chi connectivity index (χ4v) is 11.7. The van der Waals surface area contributed by atoms with Gasteiger partial charge in [-0.25, -0.2) is 13.9 Å². The van der Waals surface area contributed by atoms with Crippen molar-refractivity contribution < 1.29 is 37.1 Å². The van der Waals surface area contributed by atoms with Crippen molar-refractivity contribution in [2.75, 3.05) is 38.9 Å². The van der Waals surface area contributed by atoms with Crippen molar-refractivity contribution in [1.82, 2.24) is 14.2 Å². The predicted octanol–water partition coefficient (Wildman–Crippen LogP) is 7.33. The van der Waals surface area contributed by atoms with E-state index in [2.05, 4.69) is 15.6 Å². The molecule has 7 unspecified atom stereocenters. The van der Waals surface area contributed by atoms with Crippen LogP contribution in [0.1, 0.15) is 50.6 Å². The number of ether oxygens (including phenoxy) is 5. The van der Waals surface area contributed by atoms with E-state index in [1.807, 2.05) is 107 Å². The molecule has 16 heteroatoms. The third-order valence-corrected chi connectivity index (χ3v) is 14.6. The second kappa shape index (κ2) is 20.7. The fourth-order valence-electron chi connectivity index (χ4n) is 7.27. The highest BCUT2D eigenvalue weighted by Gasteiger charge is 2.52. The lowest BCUT2D eigenvalue weighted by atomic mass is 9.80. The number of hydrogen-bond donors (Lipinski definition) is 1. The molecule has 59 heavy (non-hydrogen) atoms. The summed E-state index contributed by atoms with van der Waals surface area (Å²) in [4.78, 5) is 27.5. The van der Waals surface area contributed by atoms with Crippen LogP contribution in [-0.2, 0) is 28.9 Å². The van der Waals surface area contributed by atoms with Crippen LogP contribution in [0.2, 0.25) is 0 Å². The van der Waals surface area contributed by atoms with E-state index in [9.17, 15) is 9.59 Å². The lowest BCUT2D eigenvalue weighted by Gasteiger charge is -2.41. The summed E-state index contributed by atoms with van der Waals surface area (Å²) in [5.41, 5.74) is -0.401. The van der Waals surface area contributed by atoms with Crippen molar-refractivity contribution in [3.63, 3.8) is 0 Å². The van der Waals surface area contributed by atoms with E-state index in [1.165, 1.54) is 6.20 Å². The van der Waals surface area contributed by atoms with Gasteiger partial charge in [0.2, 0.25) is 0 Å². The number of H-pyrrole nitrogens is 1. The normalized spacial score (nSPS) is 22.7. The van der Waals surface area contributed by atoms with Crippen LogP contribution in [0.5, 0.6) is 11.5 Å². The number of rotatable bonds is 18. The zero-order chi connectivity index (χ0) is 42.1. The number of nitrogens with zero attached hydrogens (tertiary/aromatic N) is 2. The lowest BCUT2D eigenvalue weighted by molar-refractivity contribution is -0.0942. The second-order valence-electron chi connectivity index (χ2n) is 14.5. The first kappa shape index (κ1) is 44.9. The molecule has 7 atom stereocenters. The third-order valence-electron chi connectivity index (χ3n) is 10.1. The largest absolute Gasteiger partial charge is 0.497 e. The number of methoxy groups -OCH3 is 2. The molecule has 6 rings (SSSR count). The molecule has 2 aliphatic heterocycles. The molecule has 0 bridgehead atoms. The molecule has 2 aliphatic rings. The highest BCUT2D eigenvalue weighted by Crippen LogP contribution is 2.53. The molecule has 0 saturated carbocycles. The van der Waals surface area contributed by atoms with Crippen LogP contribution < -0.4 is 20.7 Å². The van der Waals surface area contributed by atoms with Gasteiger partial charge in [-0.2, -0.15) is 0 Å². The molecular formula is C43H51FN3O9PS2. The highest BCUT2D eigenvalue weighted by atomic mass is 33.1. The van der Waals surface area contributed by atoms with Crippen LogP contribution in [0.15, 0.2) is 101 Å². The topological polar surface area (TPSA) is 123 Å². The lowest BCUT2D eigenvalue weighted by Crippen LogP contribution is -2.43. The van der Waals surface area contributed by atoms with E-state index in [0.717, 1.165) is 27.3 Å². The van der Waals surface area contributed by atoms with Gasteiger partial charge in [0.05, 0.1) is 26.9 Å². The molecule has 1 N–H and O–H groups in total. The fraction of sp³-hybridized carbons (Fsp3) is 0.442. The van der Waals surface area contributed by atoms with Crippen LogP contribution >= 0.6 is 30.1 Å². The van der Waals surface area contributed by atoms with Crippen molar-refractivity contribution in [1.29, 1.82) is 0 Å². The van der Waals surface area contributed by atoms with Crippen LogP contribution in [0.4, 0.5) is 4.39 Å². The zero-order valence-corrected chi connectivity index (χ0v) is 36.4. The number of aromatic nitrogens is 2. The standard InChI is InChI=1S/C43H51FN3O9PS2/c1-8-24-52-36-26-58-59-27-37(36)55-57(47(28(2)3)29(4)5)56-40-35(54-41(39(40)44)46-23-22-38(48)45-42(46)49)25-53-43(30-12-10-9-11-13-30,31-14-18-33(50-6)19-15-31)32-16-20-34(51-7)21-17-32/h1,9-23,28-29,35-37,39-41H,24-27H2,2-7H3,(H,45,48,49). The monoisotopic (exact) mass is 867 g/mol. The molecule has 4 aromatic rings. The maximum atomic E-state index is 17.4. The van der Waals surface area contributed by atoms with Crippen molar-refractivity contribution in [2.45, 2.75) is 82.2 Å². The first-order valence-corrected chi connectivity index (χ1v) is 22.9. The number of nitrogens with one attached hydrogen (secondary N) is 1. The van der Waals surface area contributed by atoms with Crippen LogP contribution in [-0.4, -0.2) is 95.8 Å². The number of hydrogen-bond acceptors (Lipinski definition) is 12. The van der Waals surface area contributed by atoms with Gasteiger partial charge < -0.3 is 32.7 Å². The molecule has 0 spiro atoms. The molecule has 2 fully saturated rings. The van der Waals surface area contributed by atoms with Gasteiger partial charge >= 0.3 is 5.69 Å². The average Bonchev–Trinajstić information content (AvgIpc) is 3.54. The number of benzene rings is 3. The molecule has 0 radical (unpaired) electrons. The van der Waals surface area contributed by atoms with Gasteiger partial charge in [0.15, 0.2) is 12.4 Å². The number of alkyl halides is 1. The summed E-state index contributed by atoms with van der Waals surface area (Å²) >= 11 is 0. The minimum Gasteiger partial charge on any atom is -0.497 e. The van der Waals surface area contributed by atoms with Gasteiger partial charge in [-0.1, -0.05) is 82.1 Å². The van der Waals surface area contributed by atoms with Crippen LogP contribution in [0.3, 0.4) is 0 Å². The Hall–Kier alpha value is -3.68. The first-order chi connectivity index (χ1) is 28.5. The quantitative estimate of drug-likeness (QED) is 0.0467. The van der Waals surface area contributed by atoms with Crippen molar-refractivity contribution in [3.8, 4) is 23.8 Å². The molecule has 0 amide bonds. The Morgan fingerprint density at radius 1 is 0.881 bits per heavy atom. The molecule has 0 aliphatic carbocycles. The summed E-state index contributed by atoms with van der Waals surface area (Å²) in [6, 6.07) is 25.8. The SMILES string of the molecule is C#CCOC1CSSCC1OP(OC1C(COC(c2ccccc2)(c2ccc(OC)cc2)c2ccc(OC)cc2)OC(n2ccc(=O)[nH]c2=O)C1F)N(C(C)C)C(C)C. The Morgan fingerprint density at radius 2 is 1.46 bits per heavy atom. The Labute approximate surface area is 353 Å². The first-order valence-electron chi connectivity index (χ1n) is 19.3. The van der Waals surface area contributed by atoms with Gasteiger partial charge in [-0.05, 0) is 68.7 Å². The van der Waals surface area contributed by atoms with Gasteiger partial charge in [-0.3, -0.25) is 14.3 Å². The van der Waals surface area contributed by atoms with Crippen molar-refractivity contribution >= 4 is 30.1 Å². The summed E-state index contributed by atoms with van der Waals surface area (Å²) in [6.45, 7) is 8.02. The second-order valence-corrected chi connectivity index (χ2v) is 18.4. The maximum Gasteiger partial charge on any atom is 0.330 e. The summed E-state index contributed by atoms with van der Waals surface area (Å²) in [7, 11) is 4.55. The van der Waals surface area contributed by atoms with Gasteiger partial charge in [0.25, 0.3) is 14.1 Å². The summed E-state index contributed by atoms with van der Waals surface area (Å²) < 4.78 is 65.0. The Kier molecular flexibility index (Phi) is 15.8. The molecule has 12 nitrogen and oxygen atoms in total. The Morgan fingerprint density at radius 3 is 2.00 bits per heavy atom. The van der Waals surface area contributed by atoms with E-state index in [-0.39, 0.29) is 31.4 Å². The molecule has 3 aromatic carbocycles. The van der Waals surface area contributed by atoms with Crippen LogP contribution in [0.25, 0.3) is 0 Å². The molecule has 316 valence electrons. The van der Waals surface area contributed by atoms with Crippen molar-refractivity contribution in [2.24, 2.45) is 0 Å². The summed E-state index contributed by atoms with van der Waals surface area (Å²) in [5, 5.41) is 0. The summed E-state index contributed by atoms with van der Waals surface area (Å²) in [5.74, 6) is 5.10. The van der Waals surface area contributed by atoms with E-state index >= 15 is 4.39 Å². The van der Waals surface area contributed by atoms with E-state index < -0.39 is 56.1 Å². The Balaban J connectivity index is 1.44. The van der Waals surface area contributed by atoms with Gasteiger partial charge in [0, 0.05) is 35.9 Å². The van der Waals surface area contributed by atoms with Gasteiger partial charge in [-0.15, -0.1) is 6.42 Å². The number of aromatic amines is 1. The van der Waals surface area contributed by atoms with E-state index in [0.29, 0.717) is 23.0 Å². The minimum absolute atomic E-state index is 0.0691. The third kappa shape index (κ3) is 10.3. The molecule has 2 saturated heterocycles.